The molecule has 0 amide bonds. The molecule has 7 heteroatoms. The summed E-state index contributed by atoms with van der Waals surface area (Å²) in [5, 5.41) is 3.28. The molecular weight excluding hydrogens is 300 g/mol. The molecule has 1 aromatic rings. The van der Waals surface area contributed by atoms with Gasteiger partial charge >= 0.3 is 5.76 Å². The van der Waals surface area contributed by atoms with E-state index >= 15 is 0 Å². The van der Waals surface area contributed by atoms with Gasteiger partial charge < -0.3 is 10.1 Å². The maximum absolute atomic E-state index is 12.4. The number of hydrogen-bond acceptors (Lipinski definition) is 4. The summed E-state index contributed by atoms with van der Waals surface area (Å²) in [6.45, 7) is 3.56. The van der Waals surface area contributed by atoms with E-state index in [2.05, 4.69) is 12.2 Å². The predicted molar refractivity (Wildman–Crippen MR) is 76.3 cm³/mol. The van der Waals surface area contributed by atoms with E-state index < -0.39 is 15.6 Å². The number of benzene rings is 1. The summed E-state index contributed by atoms with van der Waals surface area (Å²) in [4.78, 5) is -0.359. The Labute approximate surface area is 123 Å². The van der Waals surface area contributed by atoms with Crippen LogP contribution in [-0.2, 0) is 14.6 Å². The minimum atomic E-state index is -4.52. The molecular formula is C14H19F2NO3S. The van der Waals surface area contributed by atoms with Gasteiger partial charge in [0.25, 0.3) is 0 Å². The molecule has 21 heavy (non-hydrogen) atoms. The minimum absolute atomic E-state index is 0.214. The van der Waals surface area contributed by atoms with Crippen LogP contribution >= 0.6 is 0 Å². The molecule has 0 saturated carbocycles. The zero-order valence-electron chi connectivity index (χ0n) is 11.8. The molecule has 1 N–H and O–H groups in total. The maximum Gasteiger partial charge on any atom is 0.341 e. The molecule has 1 fully saturated rings. The second kappa shape index (κ2) is 6.70. The van der Waals surface area contributed by atoms with Crippen molar-refractivity contribution in [1.82, 2.24) is 0 Å². The topological polar surface area (TPSA) is 55.4 Å². The lowest BCUT2D eigenvalue weighted by Gasteiger charge is -2.29. The highest BCUT2D eigenvalue weighted by Crippen LogP contribution is 2.24. The van der Waals surface area contributed by atoms with E-state index in [1.807, 2.05) is 0 Å². The molecule has 1 atom stereocenters. The molecule has 0 spiro atoms. The average molecular weight is 319 g/mol. The van der Waals surface area contributed by atoms with Crippen LogP contribution in [0.4, 0.5) is 14.5 Å². The number of nitrogens with one attached hydrogen (secondary N) is 1. The summed E-state index contributed by atoms with van der Waals surface area (Å²) < 4.78 is 52.8. The number of hydrogen-bond donors (Lipinski definition) is 1. The summed E-state index contributed by atoms with van der Waals surface area (Å²) in [6, 6.07) is 5.67. The molecule has 1 unspecified atom stereocenters. The number of alkyl halides is 2. The highest BCUT2D eigenvalue weighted by atomic mass is 32.2. The monoisotopic (exact) mass is 319 g/mol. The third-order valence-corrected chi connectivity index (χ3v) is 5.18. The quantitative estimate of drug-likeness (QED) is 0.906. The van der Waals surface area contributed by atoms with Crippen LogP contribution in [-0.4, -0.2) is 33.4 Å². The summed E-state index contributed by atoms with van der Waals surface area (Å²) >= 11 is 0. The van der Waals surface area contributed by atoms with E-state index in [0.717, 1.165) is 31.7 Å². The van der Waals surface area contributed by atoms with Gasteiger partial charge in [0.2, 0.25) is 9.84 Å². The van der Waals surface area contributed by atoms with Crippen LogP contribution in [0.2, 0.25) is 0 Å². The van der Waals surface area contributed by atoms with Gasteiger partial charge in [0, 0.05) is 24.9 Å². The first-order valence-electron chi connectivity index (χ1n) is 6.87. The summed E-state index contributed by atoms with van der Waals surface area (Å²) in [5.41, 5.74) is 0.724. The average Bonchev–Trinajstić information content (AvgIpc) is 2.48. The fraction of sp³-hybridized carbons (Fsp3) is 0.571. The molecule has 0 aliphatic carbocycles. The van der Waals surface area contributed by atoms with Crippen LogP contribution in [0.1, 0.15) is 19.8 Å². The van der Waals surface area contributed by atoms with Crippen LogP contribution in [0.15, 0.2) is 29.2 Å². The Kier molecular flexibility index (Phi) is 5.16. The van der Waals surface area contributed by atoms with E-state index in [0.29, 0.717) is 5.92 Å². The van der Waals surface area contributed by atoms with Crippen LogP contribution in [0, 0.1) is 5.92 Å². The maximum atomic E-state index is 12.4. The lowest BCUT2D eigenvalue weighted by atomic mass is 9.93. The molecule has 118 valence electrons. The zero-order chi connectivity index (χ0) is 15.5. The largest absolute Gasteiger partial charge is 0.382 e. The van der Waals surface area contributed by atoms with Crippen LogP contribution in [0.25, 0.3) is 0 Å². The third-order valence-electron chi connectivity index (χ3n) is 3.78. The number of rotatable bonds is 5. The highest BCUT2D eigenvalue weighted by Gasteiger charge is 2.26. The molecule has 0 bridgehead atoms. The van der Waals surface area contributed by atoms with Gasteiger partial charge in [-0.15, -0.1) is 0 Å². The molecule has 4 nitrogen and oxygen atoms in total. The fourth-order valence-electron chi connectivity index (χ4n) is 2.44. The van der Waals surface area contributed by atoms with Crippen LogP contribution in [0.5, 0.6) is 0 Å². The molecule has 1 aromatic carbocycles. The van der Waals surface area contributed by atoms with Crippen molar-refractivity contribution in [2.24, 2.45) is 5.92 Å². The SMILES string of the molecule is CC(Nc1ccc(S(=O)(=O)C(F)F)cc1)C1CCOCC1. The smallest absolute Gasteiger partial charge is 0.341 e. The van der Waals surface area contributed by atoms with Crippen molar-refractivity contribution in [3.63, 3.8) is 0 Å². The van der Waals surface area contributed by atoms with Crippen LogP contribution < -0.4 is 5.32 Å². The van der Waals surface area contributed by atoms with Crippen molar-refractivity contribution in [2.75, 3.05) is 18.5 Å². The van der Waals surface area contributed by atoms with E-state index in [1.165, 1.54) is 24.3 Å². The molecule has 1 aliphatic heterocycles. The standard InChI is InChI=1S/C14H19F2NO3S/c1-10(11-6-8-20-9-7-11)17-12-2-4-13(5-3-12)21(18,19)14(15)16/h2-5,10-11,14,17H,6-9H2,1H3. The molecule has 1 aliphatic rings. The van der Waals surface area contributed by atoms with Gasteiger partial charge in [0.1, 0.15) is 0 Å². The Hall–Kier alpha value is -1.21. The fourth-order valence-corrected chi connectivity index (χ4v) is 3.16. The molecule has 0 radical (unpaired) electrons. The normalized spacial score (nSPS) is 18.7. The second-order valence-electron chi connectivity index (χ2n) is 5.21. The van der Waals surface area contributed by atoms with Crippen molar-refractivity contribution in [3.05, 3.63) is 24.3 Å². The second-order valence-corrected chi connectivity index (χ2v) is 7.13. The lowest BCUT2D eigenvalue weighted by molar-refractivity contribution is 0.0622. The van der Waals surface area contributed by atoms with Gasteiger partial charge in [-0.05, 0) is 49.9 Å². The van der Waals surface area contributed by atoms with Gasteiger partial charge in [-0.2, -0.15) is 8.78 Å². The van der Waals surface area contributed by atoms with E-state index in [9.17, 15) is 17.2 Å². The van der Waals surface area contributed by atoms with Gasteiger partial charge in [-0.25, -0.2) is 8.42 Å². The Morgan fingerprint density at radius 1 is 1.19 bits per heavy atom. The Morgan fingerprint density at radius 3 is 2.29 bits per heavy atom. The molecule has 2 rings (SSSR count). The lowest BCUT2D eigenvalue weighted by Crippen LogP contribution is -2.30. The van der Waals surface area contributed by atoms with Crippen molar-refractivity contribution in [1.29, 1.82) is 0 Å². The first kappa shape index (κ1) is 16.2. The van der Waals surface area contributed by atoms with Crippen molar-refractivity contribution in [2.45, 2.75) is 36.5 Å². The van der Waals surface area contributed by atoms with Gasteiger partial charge in [-0.3, -0.25) is 0 Å². The van der Waals surface area contributed by atoms with Crippen molar-refractivity contribution < 1.29 is 21.9 Å². The van der Waals surface area contributed by atoms with Crippen molar-refractivity contribution in [3.8, 4) is 0 Å². The van der Waals surface area contributed by atoms with E-state index in [1.54, 1.807) is 0 Å². The van der Waals surface area contributed by atoms with Gasteiger partial charge in [-0.1, -0.05) is 0 Å². The molecule has 1 heterocycles. The molecule has 1 saturated heterocycles. The minimum Gasteiger partial charge on any atom is -0.382 e. The number of ether oxygens (including phenoxy) is 1. The van der Waals surface area contributed by atoms with E-state index in [-0.39, 0.29) is 10.9 Å². The first-order chi connectivity index (χ1) is 9.91. The number of sulfone groups is 1. The third kappa shape index (κ3) is 3.91. The Bertz CT molecular complexity index is 554. The van der Waals surface area contributed by atoms with E-state index in [4.69, 9.17) is 4.74 Å². The Morgan fingerprint density at radius 2 is 1.76 bits per heavy atom. The van der Waals surface area contributed by atoms with Crippen molar-refractivity contribution >= 4 is 15.5 Å². The van der Waals surface area contributed by atoms with Gasteiger partial charge in [0.05, 0.1) is 4.90 Å². The zero-order valence-corrected chi connectivity index (χ0v) is 12.6. The predicted octanol–water partition coefficient (Wildman–Crippen LogP) is 2.91. The summed E-state index contributed by atoms with van der Waals surface area (Å²) in [6.07, 6.45) is 1.96. The summed E-state index contributed by atoms with van der Waals surface area (Å²) in [5.74, 6) is -2.90. The highest BCUT2D eigenvalue weighted by molar-refractivity contribution is 7.91. The van der Waals surface area contributed by atoms with Crippen LogP contribution in [0.3, 0.4) is 0 Å². The number of halogens is 2. The number of anilines is 1. The van der Waals surface area contributed by atoms with Gasteiger partial charge in [0.15, 0.2) is 0 Å². The molecule has 0 aromatic heterocycles. The summed E-state index contributed by atoms with van der Waals surface area (Å²) in [7, 11) is -4.52. The Balaban J connectivity index is 2.02. The first-order valence-corrected chi connectivity index (χ1v) is 8.42.